The fourth-order valence-electron chi connectivity index (χ4n) is 2.54. The molecule has 0 bridgehead atoms. The summed E-state index contributed by atoms with van der Waals surface area (Å²) in [7, 11) is 0. The van der Waals surface area contributed by atoms with Gasteiger partial charge in [-0.2, -0.15) is 0 Å². The minimum absolute atomic E-state index is 0.283. The Bertz CT molecular complexity index is 881. The summed E-state index contributed by atoms with van der Waals surface area (Å²) in [6.45, 7) is 5.05. The van der Waals surface area contributed by atoms with Gasteiger partial charge in [0.05, 0.1) is 10.7 Å². The second-order valence-corrected chi connectivity index (χ2v) is 6.27. The molecule has 0 spiro atoms. The van der Waals surface area contributed by atoms with Gasteiger partial charge < -0.3 is 10.1 Å². The first-order valence-electron chi connectivity index (χ1n) is 7.80. The highest BCUT2D eigenvalue weighted by molar-refractivity contribution is 6.37. The van der Waals surface area contributed by atoms with Crippen LogP contribution in [0.3, 0.4) is 0 Å². The van der Waals surface area contributed by atoms with E-state index in [9.17, 15) is 0 Å². The summed E-state index contributed by atoms with van der Waals surface area (Å²) in [5.41, 5.74) is 3.41. The molecule has 1 N–H and O–H groups in total. The van der Waals surface area contributed by atoms with E-state index >= 15 is 0 Å². The van der Waals surface area contributed by atoms with Crippen LogP contribution in [0, 0.1) is 6.92 Å². The summed E-state index contributed by atoms with van der Waals surface area (Å²) >= 11 is 12.8. The smallest absolute Gasteiger partial charge is 0.146 e. The lowest BCUT2D eigenvalue weighted by Crippen LogP contribution is -2.03. The van der Waals surface area contributed by atoms with Crippen molar-refractivity contribution in [2.24, 2.45) is 0 Å². The number of pyridine rings is 1. The van der Waals surface area contributed by atoms with Crippen LogP contribution in [-0.2, 0) is 6.61 Å². The van der Waals surface area contributed by atoms with Gasteiger partial charge in [0.1, 0.15) is 17.9 Å². The number of nitrogens with one attached hydrogen (secondary N) is 1. The number of hydrogen-bond donors (Lipinski definition) is 1. The zero-order chi connectivity index (χ0) is 17.1. The normalized spacial score (nSPS) is 10.8. The minimum atomic E-state index is 0.283. The maximum absolute atomic E-state index is 6.46. The maximum atomic E-state index is 6.46. The van der Waals surface area contributed by atoms with Gasteiger partial charge in [-0.3, -0.25) is 0 Å². The quantitative estimate of drug-likeness (QED) is 0.618. The number of aryl methyl sites for hydroxylation is 1. The van der Waals surface area contributed by atoms with Gasteiger partial charge in [0.2, 0.25) is 0 Å². The molecule has 3 rings (SSSR count). The Kier molecular flexibility index (Phi) is 5.12. The van der Waals surface area contributed by atoms with Crippen molar-refractivity contribution < 1.29 is 4.74 Å². The van der Waals surface area contributed by atoms with Crippen molar-refractivity contribution in [1.82, 2.24) is 4.98 Å². The monoisotopic (exact) mass is 360 g/mol. The molecule has 0 fully saturated rings. The van der Waals surface area contributed by atoms with Crippen molar-refractivity contribution in [3.63, 3.8) is 0 Å². The molecule has 3 nitrogen and oxygen atoms in total. The van der Waals surface area contributed by atoms with Gasteiger partial charge in [-0.1, -0.05) is 41.4 Å². The second-order valence-electron chi connectivity index (χ2n) is 5.49. The first kappa shape index (κ1) is 16.9. The third-order valence-corrected chi connectivity index (χ3v) is 4.53. The van der Waals surface area contributed by atoms with E-state index < -0.39 is 0 Å². The van der Waals surface area contributed by atoms with Crippen LogP contribution in [0.4, 0.5) is 5.69 Å². The standard InChI is InChI=1S/C19H18Cl2N2O/c1-3-22-16-10-9-15(20)14(18(16)21)11-24-17-6-4-5-13-8-7-12(2)23-19(13)17/h4-10,22H,3,11H2,1-2H3. The van der Waals surface area contributed by atoms with Crippen molar-refractivity contribution in [3.8, 4) is 5.75 Å². The molecule has 3 aromatic rings. The molecule has 0 aliphatic heterocycles. The summed E-state index contributed by atoms with van der Waals surface area (Å²) in [6, 6.07) is 13.6. The number of fused-ring (bicyclic) bond motifs is 1. The zero-order valence-electron chi connectivity index (χ0n) is 13.6. The number of anilines is 1. The summed E-state index contributed by atoms with van der Waals surface area (Å²) in [6.07, 6.45) is 0. The van der Waals surface area contributed by atoms with E-state index in [1.54, 1.807) is 0 Å². The van der Waals surface area contributed by atoms with Gasteiger partial charge in [-0.05, 0) is 38.1 Å². The largest absolute Gasteiger partial charge is 0.487 e. The molecule has 124 valence electrons. The molecule has 0 aliphatic rings. The van der Waals surface area contributed by atoms with Crippen LogP contribution in [0.15, 0.2) is 42.5 Å². The highest BCUT2D eigenvalue weighted by Gasteiger charge is 2.12. The Morgan fingerprint density at radius 3 is 2.71 bits per heavy atom. The highest BCUT2D eigenvalue weighted by atomic mass is 35.5. The van der Waals surface area contributed by atoms with Crippen LogP contribution in [0.2, 0.25) is 10.0 Å². The van der Waals surface area contributed by atoms with Crippen molar-refractivity contribution in [2.45, 2.75) is 20.5 Å². The van der Waals surface area contributed by atoms with Gasteiger partial charge in [-0.25, -0.2) is 4.98 Å². The van der Waals surface area contributed by atoms with E-state index in [1.165, 1.54) is 0 Å². The molecule has 24 heavy (non-hydrogen) atoms. The first-order valence-corrected chi connectivity index (χ1v) is 8.55. The number of aromatic nitrogens is 1. The van der Waals surface area contributed by atoms with Crippen molar-refractivity contribution >= 4 is 39.8 Å². The second kappa shape index (κ2) is 7.29. The molecular weight excluding hydrogens is 343 g/mol. The Balaban J connectivity index is 1.92. The van der Waals surface area contributed by atoms with Gasteiger partial charge >= 0.3 is 0 Å². The summed E-state index contributed by atoms with van der Waals surface area (Å²) in [5, 5.41) is 5.44. The fourth-order valence-corrected chi connectivity index (χ4v) is 3.09. The van der Waals surface area contributed by atoms with Crippen LogP contribution < -0.4 is 10.1 Å². The molecule has 0 saturated heterocycles. The maximum Gasteiger partial charge on any atom is 0.146 e. The third-order valence-electron chi connectivity index (χ3n) is 3.75. The van der Waals surface area contributed by atoms with Gasteiger partial charge in [-0.15, -0.1) is 0 Å². The lowest BCUT2D eigenvalue weighted by molar-refractivity contribution is 0.309. The van der Waals surface area contributed by atoms with E-state index in [1.807, 2.05) is 56.3 Å². The number of rotatable bonds is 5. The van der Waals surface area contributed by atoms with Crippen LogP contribution in [-0.4, -0.2) is 11.5 Å². The lowest BCUT2D eigenvalue weighted by Gasteiger charge is -2.14. The van der Waals surface area contributed by atoms with E-state index in [2.05, 4.69) is 10.3 Å². The number of halogens is 2. The van der Waals surface area contributed by atoms with Gasteiger partial charge in [0, 0.05) is 28.2 Å². The fraction of sp³-hybridized carbons (Fsp3) is 0.211. The van der Waals surface area contributed by atoms with E-state index in [0.717, 1.165) is 40.1 Å². The summed E-state index contributed by atoms with van der Waals surface area (Å²) in [4.78, 5) is 4.58. The van der Waals surface area contributed by atoms with Gasteiger partial charge in [0.15, 0.2) is 0 Å². The molecule has 1 heterocycles. The van der Waals surface area contributed by atoms with Crippen LogP contribution >= 0.6 is 23.2 Å². The van der Waals surface area contributed by atoms with E-state index in [0.29, 0.717) is 10.0 Å². The Morgan fingerprint density at radius 1 is 1.08 bits per heavy atom. The average molecular weight is 361 g/mol. The molecule has 0 atom stereocenters. The first-order chi connectivity index (χ1) is 11.6. The molecule has 5 heteroatoms. The predicted octanol–water partition coefficient (Wildman–Crippen LogP) is 5.86. The Labute approximate surface area is 151 Å². The van der Waals surface area contributed by atoms with Crippen molar-refractivity contribution in [2.75, 3.05) is 11.9 Å². The zero-order valence-corrected chi connectivity index (χ0v) is 15.1. The van der Waals surface area contributed by atoms with Crippen molar-refractivity contribution in [3.05, 3.63) is 63.8 Å². The molecule has 0 radical (unpaired) electrons. The average Bonchev–Trinajstić information content (AvgIpc) is 2.57. The van der Waals surface area contributed by atoms with Crippen LogP contribution in [0.1, 0.15) is 18.2 Å². The summed E-state index contributed by atoms with van der Waals surface area (Å²) < 4.78 is 6.00. The minimum Gasteiger partial charge on any atom is -0.487 e. The Morgan fingerprint density at radius 2 is 1.92 bits per heavy atom. The molecular formula is C19H18Cl2N2O. The number of nitrogens with zero attached hydrogens (tertiary/aromatic N) is 1. The SMILES string of the molecule is CCNc1ccc(Cl)c(COc2cccc3ccc(C)nc23)c1Cl. The number of benzene rings is 2. The molecule has 0 aliphatic carbocycles. The van der Waals surface area contributed by atoms with Crippen LogP contribution in [0.25, 0.3) is 10.9 Å². The van der Waals surface area contributed by atoms with Crippen LogP contribution in [0.5, 0.6) is 5.75 Å². The predicted molar refractivity (Wildman–Crippen MR) is 101 cm³/mol. The topological polar surface area (TPSA) is 34.1 Å². The van der Waals surface area contributed by atoms with E-state index in [4.69, 9.17) is 27.9 Å². The summed E-state index contributed by atoms with van der Waals surface area (Å²) in [5.74, 6) is 0.720. The molecule has 0 unspecified atom stereocenters. The molecule has 0 amide bonds. The number of hydrogen-bond acceptors (Lipinski definition) is 3. The number of ether oxygens (including phenoxy) is 1. The van der Waals surface area contributed by atoms with Gasteiger partial charge in [0.25, 0.3) is 0 Å². The molecule has 2 aromatic carbocycles. The van der Waals surface area contributed by atoms with Crippen molar-refractivity contribution in [1.29, 1.82) is 0 Å². The Hall–Kier alpha value is -1.97. The highest BCUT2D eigenvalue weighted by Crippen LogP contribution is 2.33. The molecule has 1 aromatic heterocycles. The third kappa shape index (κ3) is 3.42. The number of para-hydroxylation sites is 1. The molecule has 0 saturated carbocycles. The van der Waals surface area contributed by atoms with E-state index in [-0.39, 0.29) is 6.61 Å². The lowest BCUT2D eigenvalue weighted by atomic mass is 10.2.